The lowest BCUT2D eigenvalue weighted by molar-refractivity contribution is -0.123. The summed E-state index contributed by atoms with van der Waals surface area (Å²) in [7, 11) is 4.57. The van der Waals surface area contributed by atoms with Crippen LogP contribution in [-0.2, 0) is 11.3 Å². The Bertz CT molecular complexity index is 863. The van der Waals surface area contributed by atoms with Crippen molar-refractivity contribution >= 4 is 17.9 Å². The van der Waals surface area contributed by atoms with E-state index in [9.17, 15) is 9.59 Å². The van der Waals surface area contributed by atoms with Crippen molar-refractivity contribution in [3.8, 4) is 17.2 Å². The average molecular weight is 353 g/mol. The van der Waals surface area contributed by atoms with Crippen molar-refractivity contribution in [2.45, 2.75) is 6.54 Å². The molecule has 0 N–H and O–H groups in total. The molecule has 0 aliphatic carbocycles. The van der Waals surface area contributed by atoms with E-state index in [1.54, 1.807) is 30.3 Å². The minimum atomic E-state index is -0.375. The molecule has 0 aromatic heterocycles. The average Bonchev–Trinajstić information content (AvgIpc) is 3.02. The fourth-order valence-electron chi connectivity index (χ4n) is 2.89. The van der Waals surface area contributed by atoms with Gasteiger partial charge in [0, 0.05) is 11.6 Å². The fourth-order valence-corrected chi connectivity index (χ4v) is 2.89. The zero-order valence-corrected chi connectivity index (χ0v) is 14.8. The molecule has 1 heterocycles. The molecule has 0 atom stereocenters. The minimum Gasteiger partial charge on any atom is -0.493 e. The number of hydrogen-bond acceptors (Lipinski definition) is 5. The van der Waals surface area contributed by atoms with E-state index in [0.717, 1.165) is 5.56 Å². The highest BCUT2D eigenvalue weighted by atomic mass is 16.5. The van der Waals surface area contributed by atoms with Gasteiger partial charge >= 0.3 is 0 Å². The highest BCUT2D eigenvalue weighted by Gasteiger charge is 2.30. The molecule has 134 valence electrons. The minimum absolute atomic E-state index is 0.278. The van der Waals surface area contributed by atoms with Crippen molar-refractivity contribution in [3.05, 3.63) is 59.2 Å². The Morgan fingerprint density at radius 2 is 1.69 bits per heavy atom. The van der Waals surface area contributed by atoms with Crippen molar-refractivity contribution in [3.63, 3.8) is 0 Å². The molecule has 0 bridgehead atoms. The van der Waals surface area contributed by atoms with Gasteiger partial charge in [0.15, 0.2) is 11.5 Å². The van der Waals surface area contributed by atoms with Gasteiger partial charge in [-0.25, -0.2) is 0 Å². The van der Waals surface area contributed by atoms with E-state index in [0.29, 0.717) is 28.4 Å². The Balaban J connectivity index is 1.82. The Labute approximate surface area is 151 Å². The lowest BCUT2D eigenvalue weighted by Crippen LogP contribution is -2.29. The summed E-state index contributed by atoms with van der Waals surface area (Å²) in [5.74, 6) is 0.802. The summed E-state index contributed by atoms with van der Waals surface area (Å²) in [6.07, 6.45) is 2.98. The van der Waals surface area contributed by atoms with Crippen LogP contribution in [0.2, 0.25) is 0 Å². The monoisotopic (exact) mass is 353 g/mol. The highest BCUT2D eigenvalue weighted by Crippen LogP contribution is 2.38. The first-order chi connectivity index (χ1) is 12.6. The van der Waals surface area contributed by atoms with Gasteiger partial charge in [0.2, 0.25) is 5.75 Å². The normalized spacial score (nSPS) is 13.0. The molecule has 0 radical (unpaired) electrons. The molecule has 3 rings (SSSR count). The Hall–Kier alpha value is -3.28. The van der Waals surface area contributed by atoms with E-state index in [-0.39, 0.29) is 18.4 Å². The van der Waals surface area contributed by atoms with Gasteiger partial charge in [-0.3, -0.25) is 14.5 Å². The number of carbonyl (C=O) groups excluding carboxylic acids is 2. The molecule has 2 aromatic rings. The number of benzene rings is 2. The summed E-state index contributed by atoms with van der Waals surface area (Å²) >= 11 is 0. The number of hydrogen-bond donors (Lipinski definition) is 0. The predicted molar refractivity (Wildman–Crippen MR) is 96.5 cm³/mol. The molecule has 0 unspecified atom stereocenters. The van der Waals surface area contributed by atoms with Crippen molar-refractivity contribution in [1.82, 2.24) is 4.90 Å². The number of rotatable bonds is 5. The lowest BCUT2D eigenvalue weighted by Gasteiger charge is -2.13. The Kier molecular flexibility index (Phi) is 4.93. The van der Waals surface area contributed by atoms with Crippen LogP contribution in [0.15, 0.2) is 42.5 Å². The molecule has 26 heavy (non-hydrogen) atoms. The van der Waals surface area contributed by atoms with Gasteiger partial charge in [0.25, 0.3) is 11.8 Å². The van der Waals surface area contributed by atoms with Crippen LogP contribution in [0, 0.1) is 0 Å². The van der Waals surface area contributed by atoms with Gasteiger partial charge in [-0.1, -0.05) is 18.2 Å². The summed E-state index contributed by atoms with van der Waals surface area (Å²) in [4.78, 5) is 26.0. The molecule has 1 aliphatic rings. The van der Waals surface area contributed by atoms with Crippen LogP contribution in [0.3, 0.4) is 0 Å². The van der Waals surface area contributed by atoms with E-state index in [1.807, 2.05) is 12.1 Å². The number of carbonyl (C=O) groups is 2. The van der Waals surface area contributed by atoms with Gasteiger partial charge in [-0.2, -0.15) is 0 Å². The second kappa shape index (κ2) is 7.31. The van der Waals surface area contributed by atoms with Crippen molar-refractivity contribution in [2.24, 2.45) is 0 Å². The quantitative estimate of drug-likeness (QED) is 0.774. The molecule has 0 spiro atoms. The van der Waals surface area contributed by atoms with E-state index in [1.165, 1.54) is 32.3 Å². The van der Waals surface area contributed by atoms with Crippen LogP contribution in [0.5, 0.6) is 17.2 Å². The van der Waals surface area contributed by atoms with E-state index < -0.39 is 0 Å². The topological polar surface area (TPSA) is 65.1 Å². The first-order valence-corrected chi connectivity index (χ1v) is 8.01. The summed E-state index contributed by atoms with van der Waals surface area (Å²) in [5.41, 5.74) is 2.12. The first kappa shape index (κ1) is 17.5. The second-order valence-corrected chi connectivity index (χ2v) is 5.68. The summed E-state index contributed by atoms with van der Waals surface area (Å²) < 4.78 is 15.9. The molecule has 0 saturated heterocycles. The van der Waals surface area contributed by atoms with Gasteiger partial charge in [-0.05, 0) is 35.4 Å². The Morgan fingerprint density at radius 3 is 2.27 bits per heavy atom. The Morgan fingerprint density at radius 1 is 1.04 bits per heavy atom. The molecule has 0 fully saturated rings. The number of nitrogens with zero attached hydrogens (tertiary/aromatic N) is 1. The van der Waals surface area contributed by atoms with Crippen LogP contribution in [0.1, 0.15) is 21.5 Å². The number of methoxy groups -OCH3 is 3. The first-order valence-electron chi connectivity index (χ1n) is 8.01. The van der Waals surface area contributed by atoms with E-state index in [2.05, 4.69) is 0 Å². The zero-order chi connectivity index (χ0) is 18.7. The summed E-state index contributed by atoms with van der Waals surface area (Å²) in [6.45, 7) is 0.285. The maximum absolute atomic E-state index is 12.5. The van der Waals surface area contributed by atoms with Gasteiger partial charge in [-0.15, -0.1) is 0 Å². The molecular formula is C20H19NO5. The third-order valence-corrected chi connectivity index (χ3v) is 4.19. The van der Waals surface area contributed by atoms with E-state index >= 15 is 0 Å². The van der Waals surface area contributed by atoms with Crippen molar-refractivity contribution in [2.75, 3.05) is 21.3 Å². The molecule has 2 aromatic carbocycles. The number of imide groups is 1. The molecule has 0 saturated carbocycles. The van der Waals surface area contributed by atoms with Crippen LogP contribution in [0.4, 0.5) is 0 Å². The number of amides is 2. The number of ether oxygens (including phenoxy) is 3. The standard InChI is InChI=1S/C20H19NO5/c1-24-16-10-13(11-17(25-2)19(16)26-3)8-9-18(22)21-12-14-6-4-5-7-15(14)20(21)23/h4-11H,12H2,1-3H3/b9-8+. The smallest absolute Gasteiger partial charge is 0.261 e. The third kappa shape index (κ3) is 3.13. The maximum atomic E-state index is 12.5. The van der Waals surface area contributed by atoms with E-state index in [4.69, 9.17) is 14.2 Å². The summed E-state index contributed by atoms with van der Waals surface area (Å²) in [6, 6.07) is 10.7. The maximum Gasteiger partial charge on any atom is 0.261 e. The predicted octanol–water partition coefficient (Wildman–Crippen LogP) is 2.91. The molecule has 6 heteroatoms. The van der Waals surface area contributed by atoms with Crippen molar-refractivity contribution in [1.29, 1.82) is 0 Å². The molecular weight excluding hydrogens is 334 g/mol. The van der Waals surface area contributed by atoms with Crippen LogP contribution < -0.4 is 14.2 Å². The lowest BCUT2D eigenvalue weighted by atomic mass is 10.1. The third-order valence-electron chi connectivity index (χ3n) is 4.19. The molecule has 2 amide bonds. The summed E-state index contributed by atoms with van der Waals surface area (Å²) in [5, 5.41) is 0. The largest absolute Gasteiger partial charge is 0.493 e. The van der Waals surface area contributed by atoms with Gasteiger partial charge in [0.1, 0.15) is 0 Å². The molecule has 1 aliphatic heterocycles. The zero-order valence-electron chi connectivity index (χ0n) is 14.8. The van der Waals surface area contributed by atoms with Crippen LogP contribution in [-0.4, -0.2) is 38.0 Å². The highest BCUT2D eigenvalue weighted by molar-refractivity contribution is 6.11. The van der Waals surface area contributed by atoms with Crippen molar-refractivity contribution < 1.29 is 23.8 Å². The van der Waals surface area contributed by atoms with Crippen LogP contribution in [0.25, 0.3) is 6.08 Å². The molecule has 6 nitrogen and oxygen atoms in total. The van der Waals surface area contributed by atoms with Gasteiger partial charge in [0.05, 0.1) is 27.9 Å². The van der Waals surface area contributed by atoms with Gasteiger partial charge < -0.3 is 14.2 Å². The van der Waals surface area contributed by atoms with Crippen LogP contribution >= 0.6 is 0 Å². The fraction of sp³-hybridized carbons (Fsp3) is 0.200. The second-order valence-electron chi connectivity index (χ2n) is 5.68. The SMILES string of the molecule is COc1cc(/C=C/C(=O)N2Cc3ccccc3C2=O)cc(OC)c1OC. The number of fused-ring (bicyclic) bond motifs is 1.